The van der Waals surface area contributed by atoms with E-state index in [1.807, 2.05) is 0 Å². The van der Waals surface area contributed by atoms with E-state index in [0.717, 1.165) is 6.20 Å². The number of alkyl halides is 4. The Morgan fingerprint density at radius 3 is 2.60 bits per heavy atom. The molecular weight excluding hydrogens is 319 g/mol. The highest BCUT2D eigenvalue weighted by Gasteiger charge is 2.36. The van der Waals surface area contributed by atoms with Crippen molar-refractivity contribution in [3.05, 3.63) is 12.4 Å². The number of hydrogen-bond acceptors (Lipinski definition) is 3. The van der Waals surface area contributed by atoms with E-state index in [-0.39, 0.29) is 11.4 Å². The van der Waals surface area contributed by atoms with Gasteiger partial charge in [0, 0.05) is 25.2 Å². The fourth-order valence-electron chi connectivity index (χ4n) is 1.54. The van der Waals surface area contributed by atoms with E-state index in [2.05, 4.69) is 5.10 Å². The van der Waals surface area contributed by atoms with Crippen molar-refractivity contribution in [2.75, 3.05) is 19.0 Å². The molecule has 0 aliphatic heterocycles. The quantitative estimate of drug-likeness (QED) is 0.718. The van der Waals surface area contributed by atoms with Crippen LogP contribution in [0.1, 0.15) is 13.3 Å². The smallest absolute Gasteiger partial charge is 0.271 e. The maximum atomic E-state index is 12.4. The van der Waals surface area contributed by atoms with Gasteiger partial charge in [-0.1, -0.05) is 6.92 Å². The summed E-state index contributed by atoms with van der Waals surface area (Å²) in [6.07, 6.45) is -1.75. The van der Waals surface area contributed by atoms with Gasteiger partial charge in [-0.05, 0) is 6.42 Å². The predicted octanol–water partition coefficient (Wildman–Crippen LogP) is 2.08. The molecule has 10 heteroatoms. The Morgan fingerprint density at radius 1 is 1.45 bits per heavy atom. The second kappa shape index (κ2) is 6.77. The van der Waals surface area contributed by atoms with Crippen molar-refractivity contribution in [2.24, 2.45) is 0 Å². The summed E-state index contributed by atoms with van der Waals surface area (Å²) in [6.45, 7) is -0.0287. The summed E-state index contributed by atoms with van der Waals surface area (Å²) in [7, 11) is -4.19. The molecule has 0 N–H and O–H groups in total. The minimum atomic E-state index is -4.59. The molecule has 0 spiro atoms. The van der Waals surface area contributed by atoms with Gasteiger partial charge in [0.1, 0.15) is 11.4 Å². The molecule has 20 heavy (non-hydrogen) atoms. The third-order valence-electron chi connectivity index (χ3n) is 2.48. The first-order chi connectivity index (χ1) is 9.20. The van der Waals surface area contributed by atoms with Crippen LogP contribution >= 0.6 is 11.6 Å². The molecule has 0 saturated heterocycles. The highest BCUT2D eigenvalue weighted by molar-refractivity contribution is 7.89. The molecule has 0 atom stereocenters. The van der Waals surface area contributed by atoms with Crippen molar-refractivity contribution >= 4 is 21.6 Å². The summed E-state index contributed by atoms with van der Waals surface area (Å²) < 4.78 is 63.0. The molecule has 1 aromatic rings. The van der Waals surface area contributed by atoms with Crippen LogP contribution < -0.4 is 0 Å². The molecule has 0 aliphatic rings. The third kappa shape index (κ3) is 4.64. The van der Waals surface area contributed by atoms with Gasteiger partial charge in [-0.15, -0.1) is 11.6 Å². The monoisotopic (exact) mass is 333 g/mol. The predicted molar refractivity (Wildman–Crippen MR) is 68.1 cm³/mol. The lowest BCUT2D eigenvalue weighted by atomic mass is 10.5. The highest BCUT2D eigenvalue weighted by atomic mass is 35.5. The van der Waals surface area contributed by atoms with Crippen LogP contribution in [0.4, 0.5) is 13.2 Å². The van der Waals surface area contributed by atoms with Crippen molar-refractivity contribution in [3.63, 3.8) is 0 Å². The highest BCUT2D eigenvalue weighted by Crippen LogP contribution is 2.22. The molecule has 0 saturated carbocycles. The van der Waals surface area contributed by atoms with Crippen molar-refractivity contribution < 1.29 is 21.6 Å². The Kier molecular flexibility index (Phi) is 5.84. The van der Waals surface area contributed by atoms with E-state index in [4.69, 9.17) is 11.6 Å². The second-order valence-corrected chi connectivity index (χ2v) is 6.34. The summed E-state index contributed by atoms with van der Waals surface area (Å²) in [5.74, 6) is 0.386. The van der Waals surface area contributed by atoms with E-state index in [1.54, 1.807) is 0 Å². The zero-order valence-corrected chi connectivity index (χ0v) is 12.3. The van der Waals surface area contributed by atoms with E-state index in [1.165, 1.54) is 17.8 Å². The Balaban J connectivity index is 2.93. The zero-order chi connectivity index (χ0) is 15.4. The van der Waals surface area contributed by atoms with Crippen LogP contribution in [0.3, 0.4) is 0 Å². The van der Waals surface area contributed by atoms with Gasteiger partial charge >= 0.3 is 6.18 Å². The fraction of sp³-hybridized carbons (Fsp3) is 0.700. The minimum Gasteiger partial charge on any atom is -0.271 e. The van der Waals surface area contributed by atoms with E-state index >= 15 is 0 Å². The average Bonchev–Trinajstić information content (AvgIpc) is 2.81. The first-order valence-corrected chi connectivity index (χ1v) is 7.83. The van der Waals surface area contributed by atoms with Crippen molar-refractivity contribution in [2.45, 2.75) is 31.0 Å². The molecule has 1 aromatic heterocycles. The number of aromatic nitrogens is 2. The standard InChI is InChI=1S/C10H15ClF3N3O2S/c1-2-17(8-10(12,13)14)20(18,19)9-6-15-16(7-9)5-3-4-11/h6-7H,2-5,8H2,1H3. The first kappa shape index (κ1) is 17.3. The maximum absolute atomic E-state index is 12.4. The molecule has 0 bridgehead atoms. The second-order valence-electron chi connectivity index (χ2n) is 4.03. The van der Waals surface area contributed by atoms with Gasteiger partial charge in [0.05, 0.1) is 6.20 Å². The van der Waals surface area contributed by atoms with Crippen LogP contribution in [0.2, 0.25) is 0 Å². The Morgan fingerprint density at radius 2 is 2.10 bits per heavy atom. The van der Waals surface area contributed by atoms with Crippen molar-refractivity contribution in [1.29, 1.82) is 0 Å². The van der Waals surface area contributed by atoms with Gasteiger partial charge in [0.2, 0.25) is 10.0 Å². The topological polar surface area (TPSA) is 55.2 Å². The van der Waals surface area contributed by atoms with Gasteiger partial charge in [-0.3, -0.25) is 4.68 Å². The minimum absolute atomic E-state index is 0.252. The summed E-state index contributed by atoms with van der Waals surface area (Å²) in [5.41, 5.74) is 0. The van der Waals surface area contributed by atoms with Crippen LogP contribution in [0.15, 0.2) is 17.3 Å². The normalized spacial score (nSPS) is 13.1. The molecule has 1 heterocycles. The molecule has 0 amide bonds. The zero-order valence-electron chi connectivity index (χ0n) is 10.8. The SMILES string of the molecule is CCN(CC(F)(F)F)S(=O)(=O)c1cnn(CCCCl)c1. The number of halogens is 4. The van der Waals surface area contributed by atoms with Gasteiger partial charge < -0.3 is 0 Å². The lowest BCUT2D eigenvalue weighted by Crippen LogP contribution is -2.38. The molecule has 0 aromatic carbocycles. The largest absolute Gasteiger partial charge is 0.402 e. The molecule has 0 unspecified atom stereocenters. The average molecular weight is 334 g/mol. The first-order valence-electron chi connectivity index (χ1n) is 5.86. The Hall–Kier alpha value is -0.800. The Labute approximate surface area is 120 Å². The van der Waals surface area contributed by atoms with Gasteiger partial charge in [-0.2, -0.15) is 22.6 Å². The van der Waals surface area contributed by atoms with E-state index < -0.39 is 22.7 Å². The molecule has 116 valence electrons. The van der Waals surface area contributed by atoms with Gasteiger partial charge in [-0.25, -0.2) is 8.42 Å². The fourth-order valence-corrected chi connectivity index (χ4v) is 3.05. The lowest BCUT2D eigenvalue weighted by molar-refractivity contribution is -0.135. The van der Waals surface area contributed by atoms with Crippen LogP contribution in [0.5, 0.6) is 0 Å². The summed E-state index contributed by atoms with van der Waals surface area (Å²) in [4.78, 5) is -0.252. The molecule has 5 nitrogen and oxygen atoms in total. The summed E-state index contributed by atoms with van der Waals surface area (Å²) in [5, 5.41) is 3.80. The number of nitrogens with zero attached hydrogens (tertiary/aromatic N) is 3. The number of sulfonamides is 1. The van der Waals surface area contributed by atoms with Crippen LogP contribution in [0.25, 0.3) is 0 Å². The lowest BCUT2D eigenvalue weighted by Gasteiger charge is -2.20. The van der Waals surface area contributed by atoms with Crippen LogP contribution in [0, 0.1) is 0 Å². The molecule has 0 radical (unpaired) electrons. The molecule has 0 fully saturated rings. The number of aryl methyl sites for hydroxylation is 1. The van der Waals surface area contributed by atoms with Crippen molar-refractivity contribution in [3.8, 4) is 0 Å². The van der Waals surface area contributed by atoms with Gasteiger partial charge in [0.15, 0.2) is 0 Å². The van der Waals surface area contributed by atoms with Crippen molar-refractivity contribution in [1.82, 2.24) is 14.1 Å². The van der Waals surface area contributed by atoms with Crippen LogP contribution in [-0.2, 0) is 16.6 Å². The summed E-state index contributed by atoms with van der Waals surface area (Å²) >= 11 is 5.50. The number of hydrogen-bond donors (Lipinski definition) is 0. The van der Waals surface area contributed by atoms with E-state index in [0.29, 0.717) is 23.2 Å². The molecular formula is C10H15ClF3N3O2S. The maximum Gasteiger partial charge on any atom is 0.402 e. The molecule has 0 aliphatic carbocycles. The van der Waals surface area contributed by atoms with Gasteiger partial charge in [0.25, 0.3) is 0 Å². The Bertz CT molecular complexity index is 530. The molecule has 1 rings (SSSR count). The number of rotatable bonds is 7. The van der Waals surface area contributed by atoms with Crippen LogP contribution in [-0.4, -0.2) is 47.6 Å². The van der Waals surface area contributed by atoms with E-state index in [9.17, 15) is 21.6 Å². The third-order valence-corrected chi connectivity index (χ3v) is 4.62. The summed E-state index contributed by atoms with van der Waals surface area (Å²) in [6, 6.07) is 0.